The number of fused-ring (bicyclic) bond motifs is 21. The first-order valence-corrected chi connectivity index (χ1v) is 40.3. The molecule has 3 aliphatic rings. The number of hydrogen-bond acceptors (Lipinski definition) is 12. The quantitative estimate of drug-likeness (QED) is 0.147. The van der Waals surface area contributed by atoms with Gasteiger partial charge in [-0.25, -0.2) is 0 Å². The minimum Gasteiger partial charge on any atom is -0.456 e. The summed E-state index contributed by atoms with van der Waals surface area (Å²) < 4.78 is 76.3. The van der Waals surface area contributed by atoms with Crippen LogP contribution in [0.25, 0.3) is 197 Å². The first kappa shape index (κ1) is 71.4. The summed E-state index contributed by atoms with van der Waals surface area (Å²) in [5.41, 5.74) is 17.3. The highest BCUT2D eigenvalue weighted by Gasteiger charge is 2.54. The van der Waals surface area contributed by atoms with Gasteiger partial charge in [0.15, 0.2) is 0 Å². The van der Waals surface area contributed by atoms with E-state index in [1.54, 1.807) is 0 Å². The molecule has 0 aliphatic carbocycles. The van der Waals surface area contributed by atoms with E-state index in [0.29, 0.717) is 0 Å². The lowest BCUT2D eigenvalue weighted by Gasteiger charge is -2.32. The standard InChI is InChI=1S/3C34H27BO4/c1-33(2)34(3,4)39-35(38-33)27-13-8-14-28-31(27)25-12-7-11-23(32(25)37-28)22-15-16-24-26-17-20-9-5-6-10-21(20)18-30(26)36-29(24)19-22;1-33(2)34(3,4)39-35(38-33)23-18-25(32-24-11-7-8-12-28(24)37-31(32)19-23)22-13-14-29-26(16-22)27-15-20-9-5-6-10-21(20)17-30(27)36-29;1-33(2)34(3,4)39-35(38-33)24-11-12-25-26-16-22(9-13-29(26)37-32(25)19-24)23-10-14-30-27(17-23)28-15-20-7-5-6-8-21(20)18-31(28)36-30/h3*5-19H,1-4H3. The highest BCUT2D eigenvalue weighted by molar-refractivity contribution is 6.66. The summed E-state index contributed by atoms with van der Waals surface area (Å²) in [7, 11) is -1.38. The second-order valence-electron chi connectivity index (χ2n) is 34.9. The fourth-order valence-electron chi connectivity index (χ4n) is 17.5. The summed E-state index contributed by atoms with van der Waals surface area (Å²) in [5, 5.41) is 20.3. The molecule has 21 aromatic rings. The van der Waals surface area contributed by atoms with Crippen molar-refractivity contribution in [3.05, 3.63) is 273 Å². The second kappa shape index (κ2) is 25.7. The van der Waals surface area contributed by atoms with Crippen LogP contribution in [0.3, 0.4) is 0 Å². The van der Waals surface area contributed by atoms with Gasteiger partial charge in [-0.2, -0.15) is 0 Å². The van der Waals surface area contributed by atoms with E-state index in [4.69, 9.17) is 54.4 Å². The molecule has 117 heavy (non-hydrogen) atoms. The Kier molecular flexibility index (Phi) is 15.7. The molecule has 0 spiro atoms. The van der Waals surface area contributed by atoms with E-state index >= 15 is 0 Å². The normalized spacial score (nSPS) is 16.9. The second-order valence-corrected chi connectivity index (χ2v) is 34.9. The van der Waals surface area contributed by atoms with E-state index in [2.05, 4.69) is 326 Å². The highest BCUT2D eigenvalue weighted by Crippen LogP contribution is 2.47. The molecule has 0 N–H and O–H groups in total. The number of hydrogen-bond donors (Lipinski definition) is 0. The molecule has 0 bridgehead atoms. The Morgan fingerprint density at radius 1 is 0.197 bits per heavy atom. The lowest BCUT2D eigenvalue weighted by molar-refractivity contribution is 0.00578. The molecule has 0 amide bonds. The SMILES string of the molecule is CC1(C)OB(c2cc(-c3ccc4oc5cc6ccccc6cc5c4c3)c3c(c2)oc2ccccc23)OC1(C)C.CC1(C)OB(c2ccc3c(c2)oc2ccc(-c4ccc5oc6cc7ccccc7cc6c5c4)cc23)OC1(C)C.CC1(C)OB(c2cccc3oc4c(-c5ccc6c(c5)oc5cc7ccccc7cc56)cccc4c23)OC1(C)C. The fourth-order valence-corrected chi connectivity index (χ4v) is 17.5. The third-order valence-corrected chi connectivity index (χ3v) is 26.1. The van der Waals surface area contributed by atoms with Crippen LogP contribution in [0.5, 0.6) is 0 Å². The first-order chi connectivity index (χ1) is 56.3. The van der Waals surface area contributed by atoms with Crippen LogP contribution in [0.15, 0.2) is 299 Å². The van der Waals surface area contributed by atoms with Crippen molar-refractivity contribution < 1.29 is 54.4 Å². The van der Waals surface area contributed by atoms with Gasteiger partial charge in [0, 0.05) is 70.2 Å². The van der Waals surface area contributed by atoms with Crippen LogP contribution in [-0.4, -0.2) is 55.0 Å². The van der Waals surface area contributed by atoms with E-state index < -0.39 is 43.8 Å². The summed E-state index contributed by atoms with van der Waals surface area (Å²) in [6, 6.07) is 95.1. The Morgan fingerprint density at radius 3 is 1.10 bits per heavy atom. The summed E-state index contributed by atoms with van der Waals surface area (Å²) in [6.45, 7) is 24.9. The van der Waals surface area contributed by atoms with Gasteiger partial charge in [0.25, 0.3) is 0 Å². The first-order valence-electron chi connectivity index (χ1n) is 40.3. The molecule has 3 fully saturated rings. The highest BCUT2D eigenvalue weighted by atomic mass is 16.7. The molecule has 12 nitrogen and oxygen atoms in total. The molecule has 15 aromatic carbocycles. The van der Waals surface area contributed by atoms with Crippen molar-refractivity contribution in [1.82, 2.24) is 0 Å². The molecule has 0 atom stereocenters. The van der Waals surface area contributed by atoms with Crippen LogP contribution in [0.4, 0.5) is 0 Å². The lowest BCUT2D eigenvalue weighted by atomic mass is 9.76. The maximum atomic E-state index is 6.52. The van der Waals surface area contributed by atoms with Crippen molar-refractivity contribution in [2.45, 2.75) is 117 Å². The molecule has 9 heterocycles. The molecular formula is C102H81B3O12. The van der Waals surface area contributed by atoms with Crippen LogP contribution < -0.4 is 16.4 Å². The molecule has 0 saturated carbocycles. The maximum Gasteiger partial charge on any atom is 0.495 e. The molecule has 0 unspecified atom stereocenters. The Balaban J connectivity index is 0.000000106. The molecule has 24 rings (SSSR count). The molecule has 3 aliphatic heterocycles. The van der Waals surface area contributed by atoms with Gasteiger partial charge in [-0.15, -0.1) is 0 Å². The van der Waals surface area contributed by atoms with Gasteiger partial charge in [0.05, 0.1) is 33.6 Å². The topological polar surface area (TPSA) is 134 Å². The predicted octanol–water partition coefficient (Wildman–Crippen LogP) is 25.8. The molecule has 570 valence electrons. The number of rotatable bonds is 6. The molecular weight excluding hydrogens is 1450 g/mol. The summed E-state index contributed by atoms with van der Waals surface area (Å²) in [6.07, 6.45) is 0. The minimum atomic E-state index is -0.490. The lowest BCUT2D eigenvalue weighted by Crippen LogP contribution is -2.41. The zero-order chi connectivity index (χ0) is 79.6. The monoisotopic (exact) mass is 1530 g/mol. The van der Waals surface area contributed by atoms with Crippen molar-refractivity contribution in [3.8, 4) is 33.4 Å². The van der Waals surface area contributed by atoms with Crippen LogP contribution in [0.1, 0.15) is 83.1 Å². The van der Waals surface area contributed by atoms with Gasteiger partial charge >= 0.3 is 21.4 Å². The average molecular weight is 1530 g/mol. The molecule has 0 radical (unpaired) electrons. The summed E-state index contributed by atoms with van der Waals surface area (Å²) in [5.74, 6) is 0. The van der Waals surface area contributed by atoms with E-state index in [1.807, 2.05) is 30.3 Å². The molecule has 3 saturated heterocycles. The third-order valence-electron chi connectivity index (χ3n) is 26.1. The molecule has 15 heteroatoms. The summed E-state index contributed by atoms with van der Waals surface area (Å²) >= 11 is 0. The van der Waals surface area contributed by atoms with E-state index in [1.165, 1.54) is 32.3 Å². The van der Waals surface area contributed by atoms with Gasteiger partial charge in [0.1, 0.15) is 67.0 Å². The van der Waals surface area contributed by atoms with Crippen LogP contribution in [-0.2, 0) is 27.9 Å². The zero-order valence-electron chi connectivity index (χ0n) is 67.1. The minimum absolute atomic E-state index is 0.385. The third kappa shape index (κ3) is 11.5. The van der Waals surface area contributed by atoms with Gasteiger partial charge in [-0.3, -0.25) is 0 Å². The Labute approximate surface area is 675 Å². The van der Waals surface area contributed by atoms with Gasteiger partial charge in [-0.05, 0) is 269 Å². The van der Waals surface area contributed by atoms with Crippen LogP contribution in [0, 0.1) is 0 Å². The van der Waals surface area contributed by atoms with Crippen molar-refractivity contribution in [2.24, 2.45) is 0 Å². The van der Waals surface area contributed by atoms with Gasteiger partial charge in [0.2, 0.25) is 0 Å². The van der Waals surface area contributed by atoms with Crippen molar-refractivity contribution in [1.29, 1.82) is 0 Å². The van der Waals surface area contributed by atoms with E-state index in [-0.39, 0.29) is 11.2 Å². The number of furan rings is 6. The van der Waals surface area contributed by atoms with Crippen molar-refractivity contribution in [3.63, 3.8) is 0 Å². The van der Waals surface area contributed by atoms with Gasteiger partial charge in [-0.1, -0.05) is 164 Å². The predicted molar refractivity (Wildman–Crippen MR) is 479 cm³/mol. The van der Waals surface area contributed by atoms with E-state index in [0.717, 1.165) is 181 Å². The Hall–Kier alpha value is -12.2. The summed E-state index contributed by atoms with van der Waals surface area (Å²) in [4.78, 5) is 0. The van der Waals surface area contributed by atoms with Crippen LogP contribution >= 0.6 is 0 Å². The smallest absolute Gasteiger partial charge is 0.456 e. The van der Waals surface area contributed by atoms with Gasteiger partial charge < -0.3 is 54.4 Å². The van der Waals surface area contributed by atoms with Crippen LogP contribution in [0.2, 0.25) is 0 Å². The van der Waals surface area contributed by atoms with E-state index in [9.17, 15) is 0 Å². The van der Waals surface area contributed by atoms with Crippen molar-refractivity contribution >= 4 is 202 Å². The largest absolute Gasteiger partial charge is 0.495 e. The molecule has 6 aromatic heterocycles. The Bertz CT molecular complexity index is 7680. The average Bonchev–Trinajstić information content (AvgIpc) is 1.56. The van der Waals surface area contributed by atoms with Crippen molar-refractivity contribution in [2.75, 3.05) is 0 Å². The maximum absolute atomic E-state index is 6.52. The number of benzene rings is 15. The Morgan fingerprint density at radius 2 is 0.556 bits per heavy atom. The fraction of sp³-hybridized carbons (Fsp3) is 0.176. The zero-order valence-corrected chi connectivity index (χ0v) is 67.1. The number of para-hydroxylation sites is 2.